The van der Waals surface area contributed by atoms with Gasteiger partial charge in [0, 0.05) is 7.11 Å². The Balaban J connectivity index is 3.03. The van der Waals surface area contributed by atoms with Gasteiger partial charge < -0.3 is 20.3 Å². The van der Waals surface area contributed by atoms with Gasteiger partial charge in [-0.1, -0.05) is 6.07 Å². The largest absolute Gasteiger partial charge is 0.505 e. The van der Waals surface area contributed by atoms with Crippen molar-refractivity contribution < 1.29 is 24.5 Å². The average Bonchev–Trinajstić information content (AvgIpc) is 2.31. The van der Waals surface area contributed by atoms with Crippen LogP contribution in [-0.4, -0.2) is 34.8 Å². The third-order valence-corrected chi connectivity index (χ3v) is 2.57. The van der Waals surface area contributed by atoms with Crippen LogP contribution in [0.3, 0.4) is 0 Å². The van der Waals surface area contributed by atoms with E-state index in [2.05, 4.69) is 5.32 Å². The monoisotopic (exact) mass is 253 g/mol. The highest BCUT2D eigenvalue weighted by Gasteiger charge is 2.28. The second-order valence-corrected chi connectivity index (χ2v) is 4.18. The summed E-state index contributed by atoms with van der Waals surface area (Å²) < 4.78 is 4.98. The second-order valence-electron chi connectivity index (χ2n) is 4.18. The predicted molar refractivity (Wildman–Crippen MR) is 64.8 cm³/mol. The molecule has 0 saturated heterocycles. The van der Waals surface area contributed by atoms with Gasteiger partial charge in [0.2, 0.25) is 0 Å². The highest BCUT2D eigenvalue weighted by molar-refractivity contribution is 6.00. The molecule has 0 bridgehead atoms. The number of ether oxygens (including phenoxy) is 1. The number of carbonyl (C=O) groups excluding carboxylic acids is 1. The van der Waals surface area contributed by atoms with E-state index in [9.17, 15) is 14.7 Å². The van der Waals surface area contributed by atoms with E-state index in [0.29, 0.717) is 0 Å². The molecule has 0 radical (unpaired) electrons. The molecule has 0 saturated carbocycles. The lowest BCUT2D eigenvalue weighted by Gasteiger charge is -2.22. The number of hydrogen-bond acceptors (Lipinski definition) is 4. The highest BCUT2D eigenvalue weighted by Crippen LogP contribution is 2.28. The number of methoxy groups -OCH3 is 1. The molecule has 6 heteroatoms. The molecule has 1 amide bonds. The number of carboxylic acid groups (broad SMARTS) is 1. The summed E-state index contributed by atoms with van der Waals surface area (Å²) >= 11 is 0. The van der Waals surface area contributed by atoms with Gasteiger partial charge in [0.05, 0.1) is 5.69 Å². The summed E-state index contributed by atoms with van der Waals surface area (Å²) in [5, 5.41) is 21.0. The van der Waals surface area contributed by atoms with Crippen LogP contribution in [0.1, 0.15) is 24.2 Å². The van der Waals surface area contributed by atoms with Gasteiger partial charge in [-0.2, -0.15) is 0 Å². The van der Waals surface area contributed by atoms with Crippen LogP contribution in [0.4, 0.5) is 5.69 Å². The zero-order valence-corrected chi connectivity index (χ0v) is 10.4. The molecule has 0 spiro atoms. The van der Waals surface area contributed by atoms with Crippen molar-refractivity contribution in [1.29, 1.82) is 0 Å². The summed E-state index contributed by atoms with van der Waals surface area (Å²) in [6.45, 7) is 3.11. The molecule has 0 aliphatic heterocycles. The summed E-state index contributed by atoms with van der Waals surface area (Å²) in [4.78, 5) is 22.6. The van der Waals surface area contributed by atoms with Gasteiger partial charge in [-0.25, -0.2) is 4.79 Å². The van der Waals surface area contributed by atoms with Gasteiger partial charge in [-0.3, -0.25) is 4.79 Å². The zero-order valence-electron chi connectivity index (χ0n) is 10.4. The van der Waals surface area contributed by atoms with Gasteiger partial charge in [-0.05, 0) is 26.0 Å². The van der Waals surface area contributed by atoms with E-state index in [-0.39, 0.29) is 11.3 Å². The third-order valence-electron chi connectivity index (χ3n) is 2.57. The molecule has 6 nitrogen and oxygen atoms in total. The number of nitrogens with one attached hydrogen (secondary N) is 1. The minimum absolute atomic E-state index is 0.0324. The van der Waals surface area contributed by atoms with Crippen molar-refractivity contribution in [3.05, 3.63) is 23.8 Å². The molecule has 0 unspecified atom stereocenters. The second kappa shape index (κ2) is 5.05. The van der Waals surface area contributed by atoms with E-state index in [0.717, 1.165) is 0 Å². The molecular formula is C12H15NO5. The number of phenols is 1. The fraction of sp³-hybridized carbons (Fsp3) is 0.333. The van der Waals surface area contributed by atoms with Crippen LogP contribution in [0.2, 0.25) is 0 Å². The maximum atomic E-state index is 11.8. The molecule has 1 aromatic carbocycles. The summed E-state index contributed by atoms with van der Waals surface area (Å²) in [6, 6.07) is 4.08. The van der Waals surface area contributed by atoms with Gasteiger partial charge in [0.1, 0.15) is 11.2 Å². The SMILES string of the molecule is COC(C)(C)C(=O)Nc1cccc(C(=O)O)c1O. The van der Waals surface area contributed by atoms with E-state index < -0.39 is 23.2 Å². The Bertz CT molecular complexity index is 481. The number of benzene rings is 1. The number of aromatic hydroxyl groups is 1. The van der Waals surface area contributed by atoms with E-state index in [1.165, 1.54) is 25.3 Å². The first-order valence-electron chi connectivity index (χ1n) is 5.21. The fourth-order valence-electron chi connectivity index (χ4n) is 1.18. The maximum Gasteiger partial charge on any atom is 0.339 e. The maximum absolute atomic E-state index is 11.8. The highest BCUT2D eigenvalue weighted by atomic mass is 16.5. The molecule has 98 valence electrons. The standard InChI is InChI=1S/C12H15NO5/c1-12(2,18-3)11(17)13-8-6-4-5-7(9(8)14)10(15)16/h4-6,14H,1-3H3,(H,13,17)(H,15,16). The smallest absolute Gasteiger partial charge is 0.339 e. The summed E-state index contributed by atoms with van der Waals surface area (Å²) in [7, 11) is 1.38. The van der Waals surface area contributed by atoms with E-state index in [1.54, 1.807) is 13.8 Å². The predicted octanol–water partition coefficient (Wildman–Crippen LogP) is 1.45. The number of anilines is 1. The Kier molecular flexibility index (Phi) is 3.93. The Labute approximate surface area is 104 Å². The number of para-hydroxylation sites is 1. The van der Waals surface area contributed by atoms with Crippen LogP contribution in [0.5, 0.6) is 5.75 Å². The van der Waals surface area contributed by atoms with Crippen molar-refractivity contribution in [2.75, 3.05) is 12.4 Å². The van der Waals surface area contributed by atoms with Crippen molar-refractivity contribution in [2.45, 2.75) is 19.4 Å². The van der Waals surface area contributed by atoms with Crippen LogP contribution in [0.15, 0.2) is 18.2 Å². The minimum Gasteiger partial charge on any atom is -0.505 e. The van der Waals surface area contributed by atoms with Gasteiger partial charge >= 0.3 is 5.97 Å². The van der Waals surface area contributed by atoms with E-state index >= 15 is 0 Å². The number of carbonyl (C=O) groups is 2. The summed E-state index contributed by atoms with van der Waals surface area (Å²) in [5.74, 6) is -2.23. The molecule has 3 N–H and O–H groups in total. The molecule has 0 heterocycles. The lowest BCUT2D eigenvalue weighted by Crippen LogP contribution is -2.38. The molecule has 0 atom stereocenters. The van der Waals surface area contributed by atoms with Crippen LogP contribution < -0.4 is 5.32 Å². The first kappa shape index (κ1) is 14.0. The van der Waals surface area contributed by atoms with Crippen molar-refractivity contribution >= 4 is 17.6 Å². The minimum atomic E-state index is -1.27. The Morgan fingerprint density at radius 2 is 1.94 bits per heavy atom. The van der Waals surface area contributed by atoms with E-state index in [1.807, 2.05) is 0 Å². The number of rotatable bonds is 4. The van der Waals surface area contributed by atoms with Gasteiger partial charge in [0.25, 0.3) is 5.91 Å². The summed E-state index contributed by atoms with van der Waals surface area (Å²) in [6.07, 6.45) is 0. The van der Waals surface area contributed by atoms with Gasteiger partial charge in [0.15, 0.2) is 5.75 Å². The number of hydrogen-bond donors (Lipinski definition) is 3. The van der Waals surface area contributed by atoms with Crippen LogP contribution >= 0.6 is 0 Å². The molecule has 0 aromatic heterocycles. The van der Waals surface area contributed by atoms with E-state index in [4.69, 9.17) is 9.84 Å². The number of amides is 1. The Morgan fingerprint density at radius 3 is 2.44 bits per heavy atom. The van der Waals surface area contributed by atoms with Crippen LogP contribution in [-0.2, 0) is 9.53 Å². The Morgan fingerprint density at radius 1 is 1.33 bits per heavy atom. The topological polar surface area (TPSA) is 95.9 Å². The third kappa shape index (κ3) is 2.78. The van der Waals surface area contributed by atoms with Crippen molar-refractivity contribution in [3.8, 4) is 5.75 Å². The lowest BCUT2D eigenvalue weighted by atomic mass is 10.1. The molecule has 1 aromatic rings. The first-order chi connectivity index (χ1) is 8.29. The Hall–Kier alpha value is -2.08. The normalized spacial score (nSPS) is 11.1. The quantitative estimate of drug-likeness (QED) is 0.706. The van der Waals surface area contributed by atoms with Crippen LogP contribution in [0, 0.1) is 0 Å². The molecule has 18 heavy (non-hydrogen) atoms. The molecule has 1 rings (SSSR count). The molecule has 0 fully saturated rings. The van der Waals surface area contributed by atoms with Crippen LogP contribution in [0.25, 0.3) is 0 Å². The molecular weight excluding hydrogens is 238 g/mol. The fourth-order valence-corrected chi connectivity index (χ4v) is 1.18. The average molecular weight is 253 g/mol. The van der Waals surface area contributed by atoms with Crippen molar-refractivity contribution in [3.63, 3.8) is 0 Å². The number of carboxylic acids is 1. The van der Waals surface area contributed by atoms with Crippen molar-refractivity contribution in [1.82, 2.24) is 0 Å². The zero-order chi connectivity index (χ0) is 13.9. The molecule has 0 aliphatic carbocycles. The van der Waals surface area contributed by atoms with Crippen molar-refractivity contribution in [2.24, 2.45) is 0 Å². The summed E-state index contributed by atoms with van der Waals surface area (Å²) in [5.41, 5.74) is -1.32. The lowest BCUT2D eigenvalue weighted by molar-refractivity contribution is -0.133. The van der Waals surface area contributed by atoms with Gasteiger partial charge in [-0.15, -0.1) is 0 Å². The first-order valence-corrected chi connectivity index (χ1v) is 5.21. The molecule has 0 aliphatic rings. The number of aromatic carboxylic acids is 1.